The fourth-order valence-corrected chi connectivity index (χ4v) is 3.97. The summed E-state index contributed by atoms with van der Waals surface area (Å²) < 4.78 is 2.17. The SMILES string of the molecule is CC(C)CCNC(=O)CSc1nnc2c3ccccc3n(Cc3ccccc3)c2n1. The Hall–Kier alpha value is -2.93. The van der Waals surface area contributed by atoms with Crippen LogP contribution >= 0.6 is 11.8 Å². The Balaban J connectivity index is 1.59. The van der Waals surface area contributed by atoms with Crippen molar-refractivity contribution in [3.05, 3.63) is 60.2 Å². The Kier molecular flexibility index (Phi) is 6.28. The topological polar surface area (TPSA) is 72.7 Å². The number of rotatable bonds is 8. The molecule has 0 unspecified atom stereocenters. The average Bonchev–Trinajstić information content (AvgIpc) is 3.06. The fraction of sp³-hybridized carbons (Fsp3) is 0.304. The zero-order chi connectivity index (χ0) is 20.9. The number of thioether (sulfide) groups is 1. The minimum atomic E-state index is -0.00539. The number of fused-ring (bicyclic) bond motifs is 3. The van der Waals surface area contributed by atoms with Gasteiger partial charge in [0.15, 0.2) is 5.65 Å². The number of carbonyl (C=O) groups is 1. The number of para-hydroxylation sites is 1. The first-order valence-corrected chi connectivity index (χ1v) is 11.2. The van der Waals surface area contributed by atoms with Gasteiger partial charge >= 0.3 is 0 Å². The number of nitrogens with one attached hydrogen (secondary N) is 1. The van der Waals surface area contributed by atoms with Gasteiger partial charge in [-0.25, -0.2) is 4.98 Å². The number of aromatic nitrogens is 4. The summed E-state index contributed by atoms with van der Waals surface area (Å²) in [6.07, 6.45) is 0.972. The molecule has 4 rings (SSSR count). The number of carbonyl (C=O) groups excluding carboxylic acids is 1. The van der Waals surface area contributed by atoms with E-state index in [0.29, 0.717) is 24.2 Å². The van der Waals surface area contributed by atoms with Crippen molar-refractivity contribution in [2.24, 2.45) is 5.92 Å². The van der Waals surface area contributed by atoms with Crippen LogP contribution < -0.4 is 5.32 Å². The van der Waals surface area contributed by atoms with E-state index in [1.807, 2.05) is 36.4 Å². The second-order valence-electron chi connectivity index (χ2n) is 7.68. The first-order chi connectivity index (χ1) is 14.6. The maximum absolute atomic E-state index is 12.1. The smallest absolute Gasteiger partial charge is 0.230 e. The molecule has 30 heavy (non-hydrogen) atoms. The van der Waals surface area contributed by atoms with Crippen molar-refractivity contribution in [2.75, 3.05) is 12.3 Å². The van der Waals surface area contributed by atoms with Crippen LogP contribution in [0.2, 0.25) is 0 Å². The zero-order valence-electron chi connectivity index (χ0n) is 17.2. The fourth-order valence-electron chi connectivity index (χ4n) is 3.36. The molecule has 6 nitrogen and oxygen atoms in total. The summed E-state index contributed by atoms with van der Waals surface area (Å²) in [7, 11) is 0. The average molecular weight is 420 g/mol. The van der Waals surface area contributed by atoms with Gasteiger partial charge in [-0.1, -0.05) is 74.1 Å². The summed E-state index contributed by atoms with van der Waals surface area (Å²) >= 11 is 1.32. The van der Waals surface area contributed by atoms with Gasteiger partial charge in [0.25, 0.3) is 0 Å². The van der Waals surface area contributed by atoms with Crippen molar-refractivity contribution >= 4 is 39.7 Å². The van der Waals surface area contributed by atoms with Crippen molar-refractivity contribution in [3.63, 3.8) is 0 Å². The lowest BCUT2D eigenvalue weighted by atomic mass is 10.1. The first-order valence-electron chi connectivity index (χ1n) is 10.2. The van der Waals surface area contributed by atoms with E-state index in [9.17, 15) is 4.79 Å². The van der Waals surface area contributed by atoms with Crippen molar-refractivity contribution in [1.82, 2.24) is 25.1 Å². The Morgan fingerprint density at radius 1 is 1.07 bits per heavy atom. The number of amides is 1. The van der Waals surface area contributed by atoms with Gasteiger partial charge in [-0.05, 0) is 24.0 Å². The van der Waals surface area contributed by atoms with E-state index in [1.165, 1.54) is 17.3 Å². The molecule has 0 radical (unpaired) electrons. The van der Waals surface area contributed by atoms with Crippen LogP contribution in [0.15, 0.2) is 59.8 Å². The Labute approximate surface area is 180 Å². The molecule has 154 valence electrons. The van der Waals surface area contributed by atoms with Gasteiger partial charge in [-0.15, -0.1) is 10.2 Å². The summed E-state index contributed by atoms with van der Waals surface area (Å²) in [6, 6.07) is 18.4. The van der Waals surface area contributed by atoms with E-state index in [4.69, 9.17) is 4.98 Å². The standard InChI is InChI=1S/C23H25N5OS/c1-16(2)12-13-24-20(29)15-30-23-25-22-21(26-27-23)18-10-6-7-11-19(18)28(22)14-17-8-4-3-5-9-17/h3-11,16H,12-15H2,1-2H3,(H,24,29). The predicted octanol–water partition coefficient (Wildman–Crippen LogP) is 4.28. The van der Waals surface area contributed by atoms with Gasteiger partial charge in [0.2, 0.25) is 11.1 Å². The minimum Gasteiger partial charge on any atom is -0.355 e. The molecule has 2 aromatic carbocycles. The maximum Gasteiger partial charge on any atom is 0.230 e. The van der Waals surface area contributed by atoms with Crippen LogP contribution in [0.3, 0.4) is 0 Å². The van der Waals surface area contributed by atoms with Crippen molar-refractivity contribution < 1.29 is 4.79 Å². The van der Waals surface area contributed by atoms with E-state index in [1.54, 1.807) is 0 Å². The molecule has 1 amide bonds. The van der Waals surface area contributed by atoms with Crippen LogP contribution in [-0.4, -0.2) is 38.0 Å². The highest BCUT2D eigenvalue weighted by molar-refractivity contribution is 7.99. The van der Waals surface area contributed by atoms with E-state index < -0.39 is 0 Å². The molecule has 2 heterocycles. The number of hydrogen-bond acceptors (Lipinski definition) is 5. The van der Waals surface area contributed by atoms with Crippen molar-refractivity contribution in [2.45, 2.75) is 32.0 Å². The summed E-state index contributed by atoms with van der Waals surface area (Å²) in [5.74, 6) is 0.845. The zero-order valence-corrected chi connectivity index (χ0v) is 18.0. The predicted molar refractivity (Wildman–Crippen MR) is 122 cm³/mol. The molecular formula is C23H25N5OS. The van der Waals surface area contributed by atoms with E-state index in [2.05, 4.69) is 52.1 Å². The van der Waals surface area contributed by atoms with Crippen LogP contribution in [0.1, 0.15) is 25.8 Å². The molecule has 2 aromatic heterocycles. The normalized spacial score (nSPS) is 11.4. The monoisotopic (exact) mass is 419 g/mol. The summed E-state index contributed by atoms with van der Waals surface area (Å²) in [5.41, 5.74) is 3.84. The lowest BCUT2D eigenvalue weighted by Gasteiger charge is -2.08. The van der Waals surface area contributed by atoms with Gasteiger partial charge in [0.1, 0.15) is 5.52 Å². The third-order valence-corrected chi connectivity index (χ3v) is 5.75. The largest absolute Gasteiger partial charge is 0.355 e. The van der Waals surface area contributed by atoms with Gasteiger partial charge in [-0.3, -0.25) is 4.79 Å². The molecule has 0 saturated heterocycles. The van der Waals surface area contributed by atoms with Crippen molar-refractivity contribution in [3.8, 4) is 0 Å². The van der Waals surface area contributed by atoms with Gasteiger partial charge < -0.3 is 9.88 Å². The second kappa shape index (κ2) is 9.26. The maximum atomic E-state index is 12.1. The quantitative estimate of drug-likeness (QED) is 0.432. The van der Waals surface area contributed by atoms with Crippen LogP contribution in [0.4, 0.5) is 0 Å². The molecule has 7 heteroatoms. The Morgan fingerprint density at radius 2 is 1.83 bits per heavy atom. The minimum absolute atomic E-state index is 0.00539. The number of hydrogen-bond donors (Lipinski definition) is 1. The molecule has 0 atom stereocenters. The number of nitrogens with zero attached hydrogens (tertiary/aromatic N) is 4. The summed E-state index contributed by atoms with van der Waals surface area (Å²) in [5, 5.41) is 13.2. The lowest BCUT2D eigenvalue weighted by Crippen LogP contribution is -2.27. The van der Waals surface area contributed by atoms with Crippen molar-refractivity contribution in [1.29, 1.82) is 0 Å². The molecule has 0 aliphatic carbocycles. The molecule has 0 spiro atoms. The third kappa shape index (κ3) is 4.62. The molecule has 0 saturated carbocycles. The van der Waals surface area contributed by atoms with Gasteiger partial charge in [0, 0.05) is 18.5 Å². The number of benzene rings is 2. The molecule has 0 aliphatic heterocycles. The van der Waals surface area contributed by atoms with E-state index >= 15 is 0 Å². The summed E-state index contributed by atoms with van der Waals surface area (Å²) in [4.78, 5) is 16.9. The Morgan fingerprint density at radius 3 is 2.63 bits per heavy atom. The van der Waals surface area contributed by atoms with Crippen LogP contribution in [0.5, 0.6) is 0 Å². The highest BCUT2D eigenvalue weighted by Crippen LogP contribution is 2.28. The molecule has 1 N–H and O–H groups in total. The van der Waals surface area contributed by atoms with E-state index in [-0.39, 0.29) is 11.7 Å². The van der Waals surface area contributed by atoms with Gasteiger partial charge in [0.05, 0.1) is 11.3 Å². The highest BCUT2D eigenvalue weighted by atomic mass is 32.2. The highest BCUT2D eigenvalue weighted by Gasteiger charge is 2.15. The van der Waals surface area contributed by atoms with Crippen LogP contribution in [0.25, 0.3) is 22.1 Å². The molecule has 4 aromatic rings. The molecular weight excluding hydrogens is 394 g/mol. The van der Waals surface area contributed by atoms with Gasteiger partial charge in [-0.2, -0.15) is 0 Å². The van der Waals surface area contributed by atoms with Crippen LogP contribution in [0, 0.1) is 5.92 Å². The second-order valence-corrected chi connectivity index (χ2v) is 8.62. The molecule has 0 fully saturated rings. The van der Waals surface area contributed by atoms with Crippen LogP contribution in [-0.2, 0) is 11.3 Å². The van der Waals surface area contributed by atoms with E-state index in [0.717, 1.165) is 28.5 Å². The third-order valence-electron chi connectivity index (χ3n) is 4.91. The first kappa shape index (κ1) is 20.3. The lowest BCUT2D eigenvalue weighted by molar-refractivity contribution is -0.118. The molecule has 0 bridgehead atoms. The Bertz CT molecular complexity index is 1160. The molecule has 0 aliphatic rings. The summed E-state index contributed by atoms with van der Waals surface area (Å²) in [6.45, 7) is 5.68.